The molecule has 0 aliphatic heterocycles. The summed E-state index contributed by atoms with van der Waals surface area (Å²) in [5.74, 6) is 0.570. The number of ether oxygens (including phenoxy) is 1. The molecule has 0 aliphatic carbocycles. The van der Waals surface area contributed by atoms with Crippen molar-refractivity contribution in [2.24, 2.45) is 5.14 Å². The van der Waals surface area contributed by atoms with E-state index in [9.17, 15) is 8.42 Å². The van der Waals surface area contributed by atoms with E-state index >= 15 is 0 Å². The van der Waals surface area contributed by atoms with E-state index in [0.717, 1.165) is 11.1 Å². The highest BCUT2D eigenvalue weighted by Crippen LogP contribution is 2.23. The molecule has 0 saturated carbocycles. The predicted octanol–water partition coefficient (Wildman–Crippen LogP) is 1.71. The SMILES string of the molecule is CCC(Oc1cccc(C)c1C)S(N)(=O)=O. The third-order valence-electron chi connectivity index (χ3n) is 2.51. The van der Waals surface area contributed by atoms with E-state index in [1.807, 2.05) is 26.0 Å². The number of hydrogen-bond acceptors (Lipinski definition) is 3. The van der Waals surface area contributed by atoms with Crippen molar-refractivity contribution in [1.29, 1.82) is 0 Å². The topological polar surface area (TPSA) is 69.4 Å². The first kappa shape index (κ1) is 13.0. The molecule has 0 bridgehead atoms. The number of nitrogens with two attached hydrogens (primary N) is 1. The highest BCUT2D eigenvalue weighted by atomic mass is 32.2. The number of hydrogen-bond donors (Lipinski definition) is 1. The first-order chi connectivity index (χ1) is 7.36. The normalized spacial score (nSPS) is 13.5. The van der Waals surface area contributed by atoms with Gasteiger partial charge < -0.3 is 4.74 Å². The van der Waals surface area contributed by atoms with Crippen LogP contribution in [0.3, 0.4) is 0 Å². The van der Waals surface area contributed by atoms with Gasteiger partial charge in [0.2, 0.25) is 15.5 Å². The van der Waals surface area contributed by atoms with E-state index in [2.05, 4.69) is 0 Å². The lowest BCUT2D eigenvalue weighted by Gasteiger charge is -2.17. The zero-order valence-corrected chi connectivity index (χ0v) is 10.5. The van der Waals surface area contributed by atoms with Crippen LogP contribution in [0.5, 0.6) is 5.75 Å². The molecule has 1 atom stereocenters. The molecular weight excluding hydrogens is 226 g/mol. The smallest absolute Gasteiger partial charge is 0.247 e. The van der Waals surface area contributed by atoms with Gasteiger partial charge in [0.25, 0.3) is 0 Å². The van der Waals surface area contributed by atoms with Crippen LogP contribution in [0.4, 0.5) is 0 Å². The molecule has 0 amide bonds. The maximum Gasteiger partial charge on any atom is 0.247 e. The Bertz CT molecular complexity index is 468. The summed E-state index contributed by atoms with van der Waals surface area (Å²) in [4.78, 5) is 0. The molecule has 0 radical (unpaired) electrons. The molecule has 0 saturated heterocycles. The maximum atomic E-state index is 11.2. The minimum atomic E-state index is -3.67. The quantitative estimate of drug-likeness (QED) is 0.875. The maximum absolute atomic E-state index is 11.2. The Labute approximate surface area is 96.5 Å². The second-order valence-electron chi connectivity index (χ2n) is 3.74. The summed E-state index contributed by atoms with van der Waals surface area (Å²) in [5.41, 5.74) is 1.01. The van der Waals surface area contributed by atoms with Crippen LogP contribution in [0.15, 0.2) is 18.2 Å². The monoisotopic (exact) mass is 243 g/mol. The Morgan fingerprint density at radius 3 is 2.50 bits per heavy atom. The molecule has 1 aromatic rings. The van der Waals surface area contributed by atoms with Crippen LogP contribution in [0.25, 0.3) is 0 Å². The van der Waals surface area contributed by atoms with Crippen molar-refractivity contribution in [2.75, 3.05) is 0 Å². The van der Waals surface area contributed by atoms with Gasteiger partial charge in [-0.1, -0.05) is 19.1 Å². The first-order valence-electron chi connectivity index (χ1n) is 5.10. The molecule has 0 aromatic heterocycles. The summed E-state index contributed by atoms with van der Waals surface area (Å²) >= 11 is 0. The van der Waals surface area contributed by atoms with Crippen LogP contribution < -0.4 is 9.88 Å². The summed E-state index contributed by atoms with van der Waals surface area (Å²) < 4.78 is 27.9. The van der Waals surface area contributed by atoms with Crippen LogP contribution in [0.1, 0.15) is 24.5 Å². The zero-order chi connectivity index (χ0) is 12.3. The Kier molecular flexibility index (Phi) is 3.93. The molecule has 90 valence electrons. The number of aryl methyl sites for hydroxylation is 1. The van der Waals surface area contributed by atoms with Gasteiger partial charge >= 0.3 is 0 Å². The van der Waals surface area contributed by atoms with E-state index in [1.54, 1.807) is 13.0 Å². The van der Waals surface area contributed by atoms with E-state index in [-0.39, 0.29) is 0 Å². The predicted molar refractivity (Wildman–Crippen MR) is 63.7 cm³/mol. The lowest BCUT2D eigenvalue weighted by Crippen LogP contribution is -2.33. The van der Waals surface area contributed by atoms with Gasteiger partial charge in [0, 0.05) is 0 Å². The summed E-state index contributed by atoms with van der Waals surface area (Å²) in [6, 6.07) is 5.52. The van der Waals surface area contributed by atoms with Gasteiger partial charge in [-0.2, -0.15) is 0 Å². The summed E-state index contributed by atoms with van der Waals surface area (Å²) in [6.45, 7) is 5.56. The van der Waals surface area contributed by atoms with Crippen LogP contribution in [0, 0.1) is 13.8 Å². The molecule has 0 heterocycles. The lowest BCUT2D eigenvalue weighted by atomic mass is 10.1. The summed E-state index contributed by atoms with van der Waals surface area (Å²) in [7, 11) is -3.67. The van der Waals surface area contributed by atoms with Crippen molar-refractivity contribution < 1.29 is 13.2 Å². The van der Waals surface area contributed by atoms with E-state index in [0.29, 0.717) is 12.2 Å². The molecule has 0 aliphatic rings. The summed E-state index contributed by atoms with van der Waals surface area (Å²) in [5, 5.41) is 5.07. The summed E-state index contributed by atoms with van der Waals surface area (Å²) in [6.07, 6.45) is 0.326. The third-order valence-corrected chi connectivity index (χ3v) is 3.68. The van der Waals surface area contributed by atoms with Gasteiger partial charge in [-0.25, -0.2) is 13.6 Å². The van der Waals surface area contributed by atoms with Crippen LogP contribution >= 0.6 is 0 Å². The fourth-order valence-electron chi connectivity index (χ4n) is 1.38. The van der Waals surface area contributed by atoms with Gasteiger partial charge in [-0.3, -0.25) is 0 Å². The van der Waals surface area contributed by atoms with E-state index < -0.39 is 15.5 Å². The minimum absolute atomic E-state index is 0.326. The van der Waals surface area contributed by atoms with Crippen LogP contribution in [-0.2, 0) is 10.0 Å². The molecule has 1 unspecified atom stereocenters. The fourth-order valence-corrected chi connectivity index (χ4v) is 2.08. The van der Waals surface area contributed by atoms with Gasteiger partial charge in [0.05, 0.1) is 0 Å². The molecule has 16 heavy (non-hydrogen) atoms. The van der Waals surface area contributed by atoms with Gasteiger partial charge in [-0.05, 0) is 37.5 Å². The van der Waals surface area contributed by atoms with Crippen molar-refractivity contribution in [2.45, 2.75) is 32.6 Å². The van der Waals surface area contributed by atoms with Crippen molar-refractivity contribution in [3.8, 4) is 5.75 Å². The molecule has 0 spiro atoms. The number of primary sulfonamides is 1. The Morgan fingerprint density at radius 1 is 1.38 bits per heavy atom. The van der Waals surface area contributed by atoms with Gasteiger partial charge in [0.1, 0.15) is 5.75 Å². The molecule has 1 aromatic carbocycles. The van der Waals surface area contributed by atoms with E-state index in [1.165, 1.54) is 0 Å². The third kappa shape index (κ3) is 2.96. The van der Waals surface area contributed by atoms with Gasteiger partial charge in [-0.15, -0.1) is 0 Å². The molecule has 2 N–H and O–H groups in total. The fraction of sp³-hybridized carbons (Fsp3) is 0.455. The minimum Gasteiger partial charge on any atom is -0.473 e. The number of rotatable bonds is 4. The lowest BCUT2D eigenvalue weighted by molar-refractivity contribution is 0.267. The highest BCUT2D eigenvalue weighted by Gasteiger charge is 2.21. The van der Waals surface area contributed by atoms with Crippen molar-refractivity contribution in [3.05, 3.63) is 29.3 Å². The molecule has 1 rings (SSSR count). The Hall–Kier alpha value is -1.07. The average molecular weight is 243 g/mol. The van der Waals surface area contributed by atoms with Crippen molar-refractivity contribution in [1.82, 2.24) is 0 Å². The van der Waals surface area contributed by atoms with Crippen molar-refractivity contribution in [3.63, 3.8) is 0 Å². The van der Waals surface area contributed by atoms with Gasteiger partial charge in [0.15, 0.2) is 0 Å². The first-order valence-corrected chi connectivity index (χ1v) is 6.71. The van der Waals surface area contributed by atoms with Crippen molar-refractivity contribution >= 4 is 10.0 Å². The number of sulfonamides is 1. The van der Waals surface area contributed by atoms with Crippen LogP contribution in [-0.4, -0.2) is 13.9 Å². The van der Waals surface area contributed by atoms with E-state index in [4.69, 9.17) is 9.88 Å². The molecule has 4 nitrogen and oxygen atoms in total. The zero-order valence-electron chi connectivity index (χ0n) is 9.73. The highest BCUT2D eigenvalue weighted by molar-refractivity contribution is 7.89. The second kappa shape index (κ2) is 4.84. The average Bonchev–Trinajstić information content (AvgIpc) is 2.18. The number of benzene rings is 1. The largest absolute Gasteiger partial charge is 0.473 e. The second-order valence-corrected chi connectivity index (χ2v) is 5.45. The molecular formula is C11H17NO3S. The Balaban J connectivity index is 3.00. The Morgan fingerprint density at radius 2 is 2.00 bits per heavy atom. The standard InChI is InChI=1S/C11H17NO3S/c1-4-11(16(12,13)14)15-10-7-5-6-8(2)9(10)3/h5-7,11H,4H2,1-3H3,(H2,12,13,14). The molecule has 0 fully saturated rings. The van der Waals surface area contributed by atoms with Crippen LogP contribution in [0.2, 0.25) is 0 Å². The molecule has 5 heteroatoms.